The predicted octanol–water partition coefficient (Wildman–Crippen LogP) is -0.837. The summed E-state index contributed by atoms with van der Waals surface area (Å²) in [5.41, 5.74) is 11.1. The van der Waals surface area contributed by atoms with Crippen LogP contribution >= 0.6 is 0 Å². The van der Waals surface area contributed by atoms with E-state index in [1.165, 1.54) is 14.2 Å². The Balaban J connectivity index is 2.66. The smallest absolute Gasteiger partial charge is 0.239 e. The van der Waals surface area contributed by atoms with Crippen LogP contribution in [0.4, 0.5) is 0 Å². The van der Waals surface area contributed by atoms with Crippen LogP contribution < -0.4 is 26.3 Å². The van der Waals surface area contributed by atoms with Crippen molar-refractivity contribution in [1.82, 2.24) is 5.32 Å². The maximum absolute atomic E-state index is 11.8. The average Bonchev–Trinajstić information content (AvgIpc) is 2.44. The molecule has 0 spiro atoms. The summed E-state index contributed by atoms with van der Waals surface area (Å²) >= 11 is 0. The van der Waals surface area contributed by atoms with Gasteiger partial charge in [0.05, 0.1) is 20.6 Å². The Morgan fingerprint density at radius 2 is 1.86 bits per heavy atom. The van der Waals surface area contributed by atoms with Crippen molar-refractivity contribution in [2.75, 3.05) is 20.8 Å². The highest BCUT2D eigenvalue weighted by molar-refractivity contribution is 5.97. The van der Waals surface area contributed by atoms with E-state index >= 15 is 0 Å². The molecule has 0 bridgehead atoms. The molecule has 1 rings (SSSR count). The molecule has 21 heavy (non-hydrogen) atoms. The number of aliphatic imine (C=N–C) groups is 1. The zero-order chi connectivity index (χ0) is 15.8. The third-order valence-corrected chi connectivity index (χ3v) is 2.49. The Kier molecular flexibility index (Phi) is 5.99. The fourth-order valence-electron chi connectivity index (χ4n) is 1.57. The molecule has 0 saturated carbocycles. The third-order valence-electron chi connectivity index (χ3n) is 2.49. The van der Waals surface area contributed by atoms with E-state index in [0.717, 1.165) is 0 Å². The molecule has 8 heteroatoms. The van der Waals surface area contributed by atoms with Crippen molar-refractivity contribution in [1.29, 1.82) is 0 Å². The summed E-state index contributed by atoms with van der Waals surface area (Å²) in [5, 5.41) is 2.36. The standard InChI is InChI=1S/C13H18N4O4/c1-20-9-4-3-8(5-10(9)21-2)6-12(19)17-13(15)16-7-11(14)18/h3-5H,6-7H2,1-2H3,(H2,14,18)(H3,15,16,17,19). The highest BCUT2D eigenvalue weighted by Crippen LogP contribution is 2.27. The lowest BCUT2D eigenvalue weighted by Crippen LogP contribution is -2.38. The van der Waals surface area contributed by atoms with Gasteiger partial charge in [-0.2, -0.15) is 0 Å². The van der Waals surface area contributed by atoms with Gasteiger partial charge in [-0.05, 0) is 17.7 Å². The van der Waals surface area contributed by atoms with Crippen LogP contribution in [0.3, 0.4) is 0 Å². The summed E-state index contributed by atoms with van der Waals surface area (Å²) < 4.78 is 10.3. The van der Waals surface area contributed by atoms with Crippen LogP contribution in [-0.2, 0) is 16.0 Å². The molecule has 0 unspecified atom stereocenters. The molecule has 0 atom stereocenters. The van der Waals surface area contributed by atoms with Gasteiger partial charge in [-0.25, -0.2) is 4.99 Å². The zero-order valence-electron chi connectivity index (χ0n) is 11.9. The van der Waals surface area contributed by atoms with Gasteiger partial charge in [0.1, 0.15) is 6.54 Å². The molecule has 0 radical (unpaired) electrons. The minimum absolute atomic E-state index is 0.0765. The molecule has 0 heterocycles. The van der Waals surface area contributed by atoms with Gasteiger partial charge in [0.25, 0.3) is 0 Å². The van der Waals surface area contributed by atoms with Crippen molar-refractivity contribution < 1.29 is 19.1 Å². The summed E-state index contributed by atoms with van der Waals surface area (Å²) in [7, 11) is 3.04. The van der Waals surface area contributed by atoms with Gasteiger partial charge < -0.3 is 20.9 Å². The molecule has 1 aromatic rings. The maximum atomic E-state index is 11.8. The maximum Gasteiger partial charge on any atom is 0.239 e. The predicted molar refractivity (Wildman–Crippen MR) is 77.1 cm³/mol. The Bertz CT molecular complexity index is 557. The molecule has 5 N–H and O–H groups in total. The van der Waals surface area contributed by atoms with E-state index in [4.69, 9.17) is 20.9 Å². The van der Waals surface area contributed by atoms with Crippen molar-refractivity contribution in [2.45, 2.75) is 6.42 Å². The summed E-state index contributed by atoms with van der Waals surface area (Å²) in [4.78, 5) is 25.9. The molecule has 0 fully saturated rings. The molecule has 0 aromatic heterocycles. The van der Waals surface area contributed by atoms with E-state index in [1.54, 1.807) is 18.2 Å². The van der Waals surface area contributed by atoms with Gasteiger partial charge >= 0.3 is 0 Å². The summed E-state index contributed by atoms with van der Waals surface area (Å²) in [6, 6.07) is 5.12. The van der Waals surface area contributed by atoms with Crippen LogP contribution in [0.5, 0.6) is 11.5 Å². The first-order chi connectivity index (χ1) is 9.96. The van der Waals surface area contributed by atoms with Crippen LogP contribution in [0, 0.1) is 0 Å². The fraction of sp³-hybridized carbons (Fsp3) is 0.308. The number of rotatable bonds is 6. The normalized spacial score (nSPS) is 10.9. The summed E-state index contributed by atoms with van der Waals surface area (Å²) in [6.07, 6.45) is 0.0765. The van der Waals surface area contributed by atoms with Gasteiger partial charge in [-0.1, -0.05) is 6.07 Å². The van der Waals surface area contributed by atoms with E-state index in [1.807, 2.05) is 0 Å². The Morgan fingerprint density at radius 1 is 1.19 bits per heavy atom. The summed E-state index contributed by atoms with van der Waals surface area (Å²) in [5.74, 6) is -0.0540. The molecule has 0 saturated heterocycles. The van der Waals surface area contributed by atoms with Gasteiger partial charge in [0.15, 0.2) is 17.5 Å². The lowest BCUT2D eigenvalue weighted by atomic mass is 10.1. The van der Waals surface area contributed by atoms with Crippen LogP contribution in [0.2, 0.25) is 0 Å². The molecule has 2 amide bonds. The number of nitrogens with one attached hydrogen (secondary N) is 1. The van der Waals surface area contributed by atoms with Gasteiger partial charge in [0.2, 0.25) is 11.8 Å². The van der Waals surface area contributed by atoms with E-state index in [9.17, 15) is 9.59 Å². The molecule has 0 aliphatic heterocycles. The third kappa shape index (κ3) is 5.39. The highest BCUT2D eigenvalue weighted by Gasteiger charge is 2.09. The second-order valence-corrected chi connectivity index (χ2v) is 4.08. The molecule has 8 nitrogen and oxygen atoms in total. The first-order valence-corrected chi connectivity index (χ1v) is 6.05. The number of nitrogens with two attached hydrogens (primary N) is 2. The first-order valence-electron chi connectivity index (χ1n) is 6.05. The van der Waals surface area contributed by atoms with Crippen molar-refractivity contribution in [3.63, 3.8) is 0 Å². The summed E-state index contributed by atoms with van der Waals surface area (Å²) in [6.45, 7) is -0.275. The Hall–Kier alpha value is -2.77. The number of methoxy groups -OCH3 is 2. The minimum Gasteiger partial charge on any atom is -0.493 e. The lowest BCUT2D eigenvalue weighted by molar-refractivity contribution is -0.119. The number of amides is 2. The molecular weight excluding hydrogens is 276 g/mol. The van der Waals surface area contributed by atoms with Gasteiger partial charge in [-0.3, -0.25) is 14.9 Å². The van der Waals surface area contributed by atoms with Gasteiger partial charge in [0, 0.05) is 0 Å². The lowest BCUT2D eigenvalue weighted by Gasteiger charge is -2.09. The highest BCUT2D eigenvalue weighted by atomic mass is 16.5. The topological polar surface area (TPSA) is 129 Å². The largest absolute Gasteiger partial charge is 0.493 e. The van der Waals surface area contributed by atoms with E-state index in [-0.39, 0.29) is 24.8 Å². The molecular formula is C13H18N4O4. The SMILES string of the molecule is COc1ccc(CC(=O)NC(N)=NCC(N)=O)cc1OC. The Morgan fingerprint density at radius 3 is 2.43 bits per heavy atom. The number of nitrogens with zero attached hydrogens (tertiary/aromatic N) is 1. The van der Waals surface area contributed by atoms with E-state index < -0.39 is 5.91 Å². The number of hydrogen-bond donors (Lipinski definition) is 3. The first kappa shape index (κ1) is 16.3. The second-order valence-electron chi connectivity index (χ2n) is 4.08. The second kappa shape index (κ2) is 7.73. The number of guanidine groups is 1. The van der Waals surface area contributed by atoms with E-state index in [0.29, 0.717) is 17.1 Å². The van der Waals surface area contributed by atoms with Crippen LogP contribution in [0.25, 0.3) is 0 Å². The van der Waals surface area contributed by atoms with Gasteiger partial charge in [-0.15, -0.1) is 0 Å². The number of primary amides is 1. The van der Waals surface area contributed by atoms with E-state index in [2.05, 4.69) is 10.3 Å². The monoisotopic (exact) mass is 294 g/mol. The number of carbonyl (C=O) groups excluding carboxylic acids is 2. The molecule has 0 aliphatic rings. The molecule has 1 aromatic carbocycles. The van der Waals surface area contributed by atoms with Crippen LogP contribution in [-0.4, -0.2) is 38.5 Å². The van der Waals surface area contributed by atoms with Crippen molar-refractivity contribution in [3.05, 3.63) is 23.8 Å². The van der Waals surface area contributed by atoms with Crippen LogP contribution in [0.1, 0.15) is 5.56 Å². The number of hydrogen-bond acceptors (Lipinski definition) is 5. The fourth-order valence-corrected chi connectivity index (χ4v) is 1.57. The van der Waals surface area contributed by atoms with Crippen molar-refractivity contribution >= 4 is 17.8 Å². The minimum atomic E-state index is -0.632. The zero-order valence-corrected chi connectivity index (χ0v) is 11.9. The van der Waals surface area contributed by atoms with Crippen molar-refractivity contribution in [3.8, 4) is 11.5 Å². The molecule has 0 aliphatic carbocycles. The van der Waals surface area contributed by atoms with Crippen LogP contribution in [0.15, 0.2) is 23.2 Å². The number of ether oxygens (including phenoxy) is 2. The quantitative estimate of drug-likeness (QED) is 0.465. The average molecular weight is 294 g/mol. The number of benzene rings is 1. The number of carbonyl (C=O) groups is 2. The Labute approximate surface area is 122 Å². The molecule has 114 valence electrons. The van der Waals surface area contributed by atoms with Crippen molar-refractivity contribution in [2.24, 2.45) is 16.5 Å².